The number of hydrogen-bond donors (Lipinski definition) is 1. The Bertz CT molecular complexity index is 386. The molecule has 2 nitrogen and oxygen atoms in total. The number of halogens is 1. The Kier molecular flexibility index (Phi) is 6.67. The van der Waals surface area contributed by atoms with Gasteiger partial charge in [-0.1, -0.05) is 45.4 Å². The highest BCUT2D eigenvalue weighted by molar-refractivity contribution is 6.31. The molecule has 0 amide bonds. The van der Waals surface area contributed by atoms with Crippen LogP contribution in [-0.2, 0) is 6.54 Å². The van der Waals surface area contributed by atoms with E-state index in [9.17, 15) is 0 Å². The van der Waals surface area contributed by atoms with E-state index >= 15 is 0 Å². The third-order valence-electron chi connectivity index (χ3n) is 3.53. The lowest BCUT2D eigenvalue weighted by atomic mass is 10.1. The van der Waals surface area contributed by atoms with Crippen molar-refractivity contribution in [2.24, 2.45) is 11.7 Å². The second-order valence-corrected chi connectivity index (χ2v) is 5.90. The van der Waals surface area contributed by atoms with Gasteiger partial charge in [-0.3, -0.25) is 0 Å². The van der Waals surface area contributed by atoms with Crippen LogP contribution in [0.5, 0.6) is 0 Å². The molecule has 1 aromatic carbocycles. The molecule has 1 rings (SSSR count). The summed E-state index contributed by atoms with van der Waals surface area (Å²) in [5.74, 6) is 0.633. The Labute approximate surface area is 122 Å². The second-order valence-electron chi connectivity index (χ2n) is 5.50. The van der Waals surface area contributed by atoms with E-state index in [0.29, 0.717) is 18.5 Å². The van der Waals surface area contributed by atoms with Crippen LogP contribution in [0.2, 0.25) is 5.02 Å². The van der Waals surface area contributed by atoms with Crippen molar-refractivity contribution >= 4 is 17.3 Å². The highest BCUT2D eigenvalue weighted by Gasteiger charge is 2.17. The summed E-state index contributed by atoms with van der Waals surface area (Å²) in [5.41, 5.74) is 7.90. The van der Waals surface area contributed by atoms with Gasteiger partial charge in [0, 0.05) is 29.8 Å². The van der Waals surface area contributed by atoms with Gasteiger partial charge in [0.2, 0.25) is 0 Å². The number of nitrogens with two attached hydrogens (primary N) is 1. The molecule has 0 fully saturated rings. The molecule has 0 heterocycles. The van der Waals surface area contributed by atoms with Gasteiger partial charge < -0.3 is 10.6 Å². The van der Waals surface area contributed by atoms with Crippen LogP contribution >= 0.6 is 11.6 Å². The molecule has 0 radical (unpaired) electrons. The van der Waals surface area contributed by atoms with E-state index in [1.54, 1.807) is 0 Å². The standard InChI is InChI=1S/C16H27ClN2/c1-5-14(6-2)19(11-12(3)4)15-8-7-13(10-18)16(17)9-15/h7-9,12,14H,5-6,10-11,18H2,1-4H3. The van der Waals surface area contributed by atoms with Crippen molar-refractivity contribution in [1.82, 2.24) is 0 Å². The maximum atomic E-state index is 6.29. The maximum Gasteiger partial charge on any atom is 0.0471 e. The van der Waals surface area contributed by atoms with Gasteiger partial charge in [-0.25, -0.2) is 0 Å². The van der Waals surface area contributed by atoms with Gasteiger partial charge in [-0.15, -0.1) is 0 Å². The van der Waals surface area contributed by atoms with Crippen LogP contribution in [0.4, 0.5) is 5.69 Å². The minimum absolute atomic E-state index is 0.494. The molecular weight excluding hydrogens is 256 g/mol. The highest BCUT2D eigenvalue weighted by Crippen LogP contribution is 2.27. The van der Waals surface area contributed by atoms with Gasteiger partial charge in [-0.2, -0.15) is 0 Å². The molecule has 0 atom stereocenters. The Morgan fingerprint density at radius 2 is 1.84 bits per heavy atom. The molecule has 0 saturated heterocycles. The van der Waals surface area contributed by atoms with Crippen LogP contribution < -0.4 is 10.6 Å². The molecular formula is C16H27ClN2. The largest absolute Gasteiger partial charge is 0.368 e. The number of nitrogens with zero attached hydrogens (tertiary/aromatic N) is 1. The van der Waals surface area contributed by atoms with Gasteiger partial charge in [0.1, 0.15) is 0 Å². The monoisotopic (exact) mass is 282 g/mol. The van der Waals surface area contributed by atoms with Crippen LogP contribution in [0.15, 0.2) is 18.2 Å². The molecule has 0 spiro atoms. The van der Waals surface area contributed by atoms with Gasteiger partial charge in [0.05, 0.1) is 0 Å². The average Bonchev–Trinajstić information content (AvgIpc) is 2.38. The summed E-state index contributed by atoms with van der Waals surface area (Å²) in [6, 6.07) is 6.83. The third-order valence-corrected chi connectivity index (χ3v) is 3.89. The first-order valence-electron chi connectivity index (χ1n) is 7.28. The minimum atomic E-state index is 0.494. The molecule has 108 valence electrons. The number of hydrogen-bond acceptors (Lipinski definition) is 2. The van der Waals surface area contributed by atoms with E-state index in [4.69, 9.17) is 17.3 Å². The number of anilines is 1. The Morgan fingerprint density at radius 1 is 1.21 bits per heavy atom. The first-order valence-corrected chi connectivity index (χ1v) is 7.66. The van der Waals surface area contributed by atoms with Gasteiger partial charge >= 0.3 is 0 Å². The zero-order valence-electron chi connectivity index (χ0n) is 12.6. The number of benzene rings is 1. The predicted molar refractivity (Wildman–Crippen MR) is 85.9 cm³/mol. The molecule has 0 saturated carbocycles. The summed E-state index contributed by atoms with van der Waals surface area (Å²) in [6.07, 6.45) is 2.30. The van der Waals surface area contributed by atoms with Crippen molar-refractivity contribution in [2.45, 2.75) is 53.1 Å². The predicted octanol–water partition coefficient (Wildman–Crippen LogP) is 4.45. The van der Waals surface area contributed by atoms with Gasteiger partial charge in [0.25, 0.3) is 0 Å². The lowest BCUT2D eigenvalue weighted by Crippen LogP contribution is -2.37. The van der Waals surface area contributed by atoms with Crippen molar-refractivity contribution < 1.29 is 0 Å². The van der Waals surface area contributed by atoms with Crippen LogP contribution in [0, 0.1) is 5.92 Å². The summed E-state index contributed by atoms with van der Waals surface area (Å²) < 4.78 is 0. The molecule has 19 heavy (non-hydrogen) atoms. The first kappa shape index (κ1) is 16.3. The fourth-order valence-corrected chi connectivity index (χ4v) is 2.72. The molecule has 0 aliphatic carbocycles. The highest BCUT2D eigenvalue weighted by atomic mass is 35.5. The van der Waals surface area contributed by atoms with Gasteiger partial charge in [-0.05, 0) is 36.5 Å². The second kappa shape index (κ2) is 7.76. The topological polar surface area (TPSA) is 29.3 Å². The Hall–Kier alpha value is -0.730. The van der Waals surface area contributed by atoms with Crippen molar-refractivity contribution in [1.29, 1.82) is 0 Å². The van der Waals surface area contributed by atoms with Crippen molar-refractivity contribution in [3.63, 3.8) is 0 Å². The average molecular weight is 283 g/mol. The quantitative estimate of drug-likeness (QED) is 0.800. The third kappa shape index (κ3) is 4.39. The summed E-state index contributed by atoms with van der Waals surface area (Å²) in [7, 11) is 0. The fraction of sp³-hybridized carbons (Fsp3) is 0.625. The van der Waals surface area contributed by atoms with E-state index in [2.05, 4.69) is 44.7 Å². The molecule has 2 N–H and O–H groups in total. The van der Waals surface area contributed by atoms with E-state index in [-0.39, 0.29) is 0 Å². The molecule has 0 aliphatic heterocycles. The van der Waals surface area contributed by atoms with Crippen LogP contribution in [-0.4, -0.2) is 12.6 Å². The number of rotatable bonds is 7. The van der Waals surface area contributed by atoms with Crippen molar-refractivity contribution in [2.75, 3.05) is 11.4 Å². The molecule has 3 heteroatoms. The van der Waals surface area contributed by atoms with Crippen molar-refractivity contribution in [3.05, 3.63) is 28.8 Å². The smallest absolute Gasteiger partial charge is 0.0471 e. The van der Waals surface area contributed by atoms with E-state index in [0.717, 1.165) is 30.0 Å². The van der Waals surface area contributed by atoms with E-state index < -0.39 is 0 Å². The van der Waals surface area contributed by atoms with Crippen LogP contribution in [0.1, 0.15) is 46.1 Å². The lowest BCUT2D eigenvalue weighted by molar-refractivity contribution is 0.507. The lowest BCUT2D eigenvalue weighted by Gasteiger charge is -2.34. The summed E-state index contributed by atoms with van der Waals surface area (Å²) in [5, 5.41) is 0.778. The molecule has 0 bridgehead atoms. The Balaban J connectivity index is 3.05. The Morgan fingerprint density at radius 3 is 2.26 bits per heavy atom. The fourth-order valence-electron chi connectivity index (χ4n) is 2.47. The van der Waals surface area contributed by atoms with Crippen LogP contribution in [0.3, 0.4) is 0 Å². The molecule has 1 aromatic rings. The van der Waals surface area contributed by atoms with E-state index in [1.807, 2.05) is 6.07 Å². The van der Waals surface area contributed by atoms with E-state index in [1.165, 1.54) is 5.69 Å². The maximum absolute atomic E-state index is 6.29. The summed E-state index contributed by atoms with van der Waals surface area (Å²) >= 11 is 6.29. The van der Waals surface area contributed by atoms with Crippen LogP contribution in [0.25, 0.3) is 0 Å². The van der Waals surface area contributed by atoms with Gasteiger partial charge in [0.15, 0.2) is 0 Å². The summed E-state index contributed by atoms with van der Waals surface area (Å²) in [6.45, 7) is 10.6. The zero-order valence-corrected chi connectivity index (χ0v) is 13.4. The SMILES string of the molecule is CCC(CC)N(CC(C)C)c1ccc(CN)c(Cl)c1. The first-order chi connectivity index (χ1) is 9.03. The minimum Gasteiger partial charge on any atom is -0.368 e. The normalized spacial score (nSPS) is 11.4. The molecule has 0 aliphatic rings. The zero-order chi connectivity index (χ0) is 14.4. The summed E-state index contributed by atoms with van der Waals surface area (Å²) in [4.78, 5) is 2.48. The molecule has 0 unspecified atom stereocenters. The molecule has 0 aromatic heterocycles. The van der Waals surface area contributed by atoms with Crippen molar-refractivity contribution in [3.8, 4) is 0 Å².